The van der Waals surface area contributed by atoms with Crippen LogP contribution < -0.4 is 10.6 Å². The van der Waals surface area contributed by atoms with Crippen LogP contribution in [-0.4, -0.2) is 22.9 Å². The Morgan fingerprint density at radius 3 is 2.23 bits per heavy atom. The van der Waals surface area contributed by atoms with Crippen molar-refractivity contribution in [3.05, 3.63) is 99.4 Å². The van der Waals surface area contributed by atoms with Crippen LogP contribution in [0.3, 0.4) is 0 Å². The van der Waals surface area contributed by atoms with Crippen molar-refractivity contribution in [3.63, 3.8) is 0 Å². The first-order chi connectivity index (χ1) is 18.8. The van der Waals surface area contributed by atoms with E-state index >= 15 is 0 Å². The third kappa shape index (κ3) is 5.85. The fourth-order valence-electron chi connectivity index (χ4n) is 4.71. The average molecular weight is 563 g/mol. The van der Waals surface area contributed by atoms with Crippen molar-refractivity contribution in [2.45, 2.75) is 32.1 Å². The summed E-state index contributed by atoms with van der Waals surface area (Å²) in [6, 6.07) is 18.7. The molecule has 3 N–H and O–H groups in total. The van der Waals surface area contributed by atoms with E-state index in [2.05, 4.69) is 10.6 Å². The summed E-state index contributed by atoms with van der Waals surface area (Å²) in [7, 11) is 0. The van der Waals surface area contributed by atoms with Gasteiger partial charge in [-0.25, -0.2) is 4.79 Å². The summed E-state index contributed by atoms with van der Waals surface area (Å²) in [6.45, 7) is 0. The van der Waals surface area contributed by atoms with Crippen LogP contribution >= 0.6 is 23.2 Å². The van der Waals surface area contributed by atoms with Gasteiger partial charge in [0.05, 0.1) is 16.3 Å². The molecule has 0 aliphatic heterocycles. The molecule has 0 saturated heterocycles. The van der Waals surface area contributed by atoms with Crippen LogP contribution in [0.25, 0.3) is 22.1 Å². The fraction of sp³-hybridized carbons (Fsp3) is 0.167. The van der Waals surface area contributed by atoms with Gasteiger partial charge in [0, 0.05) is 10.6 Å². The molecule has 3 aromatic carbocycles. The maximum absolute atomic E-state index is 13.4. The van der Waals surface area contributed by atoms with Crippen LogP contribution in [-0.2, 0) is 4.79 Å². The number of halogens is 2. The van der Waals surface area contributed by atoms with E-state index in [4.69, 9.17) is 27.6 Å². The number of aliphatic carboxylic acids is 1. The highest BCUT2D eigenvalue weighted by Crippen LogP contribution is 2.32. The van der Waals surface area contributed by atoms with Gasteiger partial charge in [-0.3, -0.25) is 9.59 Å². The van der Waals surface area contributed by atoms with Crippen LogP contribution in [0.15, 0.2) is 82.4 Å². The maximum atomic E-state index is 13.4. The Morgan fingerprint density at radius 2 is 1.54 bits per heavy atom. The lowest BCUT2D eigenvalue weighted by Gasteiger charge is -2.18. The second-order valence-corrected chi connectivity index (χ2v) is 10.1. The van der Waals surface area contributed by atoms with Gasteiger partial charge in [-0.05, 0) is 84.5 Å². The third-order valence-electron chi connectivity index (χ3n) is 6.67. The molecule has 9 heteroatoms. The first-order valence-electron chi connectivity index (χ1n) is 12.5. The van der Waals surface area contributed by atoms with Gasteiger partial charge in [-0.2, -0.15) is 0 Å². The Labute approximate surface area is 234 Å². The van der Waals surface area contributed by atoms with E-state index in [9.17, 15) is 19.5 Å². The van der Waals surface area contributed by atoms with E-state index in [0.717, 1.165) is 35.6 Å². The van der Waals surface area contributed by atoms with Crippen molar-refractivity contribution in [2.24, 2.45) is 0 Å². The van der Waals surface area contributed by atoms with Gasteiger partial charge in [0.2, 0.25) is 0 Å². The second-order valence-electron chi connectivity index (χ2n) is 9.29. The average Bonchev–Trinajstić information content (AvgIpc) is 3.42. The van der Waals surface area contributed by atoms with E-state index in [1.165, 1.54) is 6.07 Å². The number of carbonyl (C=O) groups excluding carboxylic acids is 2. The maximum Gasteiger partial charge on any atom is 0.352 e. The summed E-state index contributed by atoms with van der Waals surface area (Å²) in [6.07, 6.45) is 4.05. The number of carboxylic acid groups (broad SMARTS) is 1. The monoisotopic (exact) mass is 562 g/mol. The molecule has 4 aromatic rings. The molecule has 0 radical (unpaired) electrons. The van der Waals surface area contributed by atoms with Gasteiger partial charge in [-0.1, -0.05) is 53.9 Å². The van der Waals surface area contributed by atoms with E-state index in [1.807, 2.05) is 24.3 Å². The SMILES string of the molecule is O=C(O)C(NC(=O)c1cc2ccccc2cc1NC(=O)c1ccc(-c2ccc(Cl)cc2Cl)o1)=C1CCCCC1. The zero-order chi connectivity index (χ0) is 27.5. The molecule has 1 aliphatic rings. The minimum atomic E-state index is -1.18. The summed E-state index contributed by atoms with van der Waals surface area (Å²) in [4.78, 5) is 38.6. The van der Waals surface area contributed by atoms with E-state index in [1.54, 1.807) is 36.4 Å². The number of carbonyl (C=O) groups is 3. The van der Waals surface area contributed by atoms with Gasteiger partial charge >= 0.3 is 5.97 Å². The number of hydrogen-bond acceptors (Lipinski definition) is 4. The molecular formula is C30H24Cl2N2O5. The summed E-state index contributed by atoms with van der Waals surface area (Å²) < 4.78 is 5.76. The Kier molecular flexibility index (Phi) is 7.72. The molecule has 198 valence electrons. The lowest BCUT2D eigenvalue weighted by Crippen LogP contribution is -2.30. The molecule has 0 atom stereocenters. The van der Waals surface area contributed by atoms with E-state index < -0.39 is 17.8 Å². The van der Waals surface area contributed by atoms with Gasteiger partial charge in [0.25, 0.3) is 11.8 Å². The molecular weight excluding hydrogens is 539 g/mol. The largest absolute Gasteiger partial charge is 0.477 e. The number of allylic oxidation sites excluding steroid dienone is 1. The Hall–Kier alpha value is -4.07. The van der Waals surface area contributed by atoms with Crippen molar-refractivity contribution in [1.29, 1.82) is 0 Å². The van der Waals surface area contributed by atoms with Crippen LogP contribution in [0, 0.1) is 0 Å². The molecule has 7 nitrogen and oxygen atoms in total. The molecule has 1 heterocycles. The lowest BCUT2D eigenvalue weighted by atomic mass is 9.93. The van der Waals surface area contributed by atoms with Crippen molar-refractivity contribution in [3.8, 4) is 11.3 Å². The van der Waals surface area contributed by atoms with Gasteiger partial charge in [0.1, 0.15) is 11.5 Å². The first kappa shape index (κ1) is 26.5. The van der Waals surface area contributed by atoms with Gasteiger partial charge in [-0.15, -0.1) is 0 Å². The highest BCUT2D eigenvalue weighted by atomic mass is 35.5. The number of furan rings is 1. The molecule has 5 rings (SSSR count). The second kappa shape index (κ2) is 11.4. The van der Waals surface area contributed by atoms with Crippen LogP contribution in [0.5, 0.6) is 0 Å². The number of anilines is 1. The molecule has 1 saturated carbocycles. The summed E-state index contributed by atoms with van der Waals surface area (Å²) in [5.74, 6) is -2.01. The van der Waals surface area contributed by atoms with Gasteiger partial charge in [0.15, 0.2) is 5.76 Å². The molecule has 0 spiro atoms. The molecule has 1 fully saturated rings. The van der Waals surface area contributed by atoms with Crippen molar-refractivity contribution in [2.75, 3.05) is 5.32 Å². The number of fused-ring (bicyclic) bond motifs is 1. The lowest BCUT2D eigenvalue weighted by molar-refractivity contribution is -0.133. The Morgan fingerprint density at radius 1 is 0.821 bits per heavy atom. The summed E-state index contributed by atoms with van der Waals surface area (Å²) in [5.41, 5.74) is 1.54. The predicted octanol–water partition coefficient (Wildman–Crippen LogP) is 7.69. The van der Waals surface area contributed by atoms with Crippen LogP contribution in [0.4, 0.5) is 5.69 Å². The van der Waals surface area contributed by atoms with Crippen molar-refractivity contribution >= 4 is 57.4 Å². The van der Waals surface area contributed by atoms with Crippen molar-refractivity contribution < 1.29 is 23.9 Å². The standard InChI is InChI=1S/C30H24Cl2N2O5/c31-20-10-11-21(23(32)16-20)25-12-13-26(39-25)29(36)33-24-15-19-9-5-4-8-18(19)14-22(24)28(35)34-27(30(37)38)17-6-2-1-3-7-17/h4-5,8-16H,1-3,6-7H2,(H,33,36)(H,34,35)(H,37,38). The number of rotatable bonds is 6. The summed E-state index contributed by atoms with van der Waals surface area (Å²) in [5, 5.41) is 17.6. The van der Waals surface area contributed by atoms with Crippen molar-refractivity contribution in [1.82, 2.24) is 5.32 Å². The highest BCUT2D eigenvalue weighted by Gasteiger charge is 2.23. The predicted molar refractivity (Wildman–Crippen MR) is 151 cm³/mol. The number of benzene rings is 3. The minimum Gasteiger partial charge on any atom is -0.477 e. The first-order valence-corrected chi connectivity index (χ1v) is 13.2. The Balaban J connectivity index is 1.46. The fourth-order valence-corrected chi connectivity index (χ4v) is 5.21. The molecule has 1 aliphatic carbocycles. The molecule has 0 unspecified atom stereocenters. The van der Waals surface area contributed by atoms with E-state index in [0.29, 0.717) is 34.2 Å². The summed E-state index contributed by atoms with van der Waals surface area (Å²) >= 11 is 12.3. The smallest absolute Gasteiger partial charge is 0.352 e. The zero-order valence-corrected chi connectivity index (χ0v) is 22.2. The quantitative estimate of drug-likeness (QED) is 0.209. The normalized spacial score (nSPS) is 13.2. The van der Waals surface area contributed by atoms with Crippen LogP contribution in [0.1, 0.15) is 53.0 Å². The van der Waals surface area contributed by atoms with Gasteiger partial charge < -0.3 is 20.2 Å². The Bertz CT molecular complexity index is 1630. The minimum absolute atomic E-state index is 0.00563. The van der Waals surface area contributed by atoms with Crippen LogP contribution in [0.2, 0.25) is 10.0 Å². The molecule has 0 bridgehead atoms. The number of carboxylic acids is 1. The molecule has 1 aromatic heterocycles. The third-order valence-corrected chi connectivity index (χ3v) is 7.22. The van der Waals surface area contributed by atoms with E-state index in [-0.39, 0.29) is 22.7 Å². The number of hydrogen-bond donors (Lipinski definition) is 3. The molecule has 39 heavy (non-hydrogen) atoms. The number of nitrogens with one attached hydrogen (secondary N) is 2. The molecule has 2 amide bonds. The zero-order valence-electron chi connectivity index (χ0n) is 20.7. The topological polar surface area (TPSA) is 109 Å². The highest BCUT2D eigenvalue weighted by molar-refractivity contribution is 6.36. The number of amides is 2.